The molecule has 1 aromatic heterocycles. The topological polar surface area (TPSA) is 62.3 Å². The van der Waals surface area contributed by atoms with Crippen LogP contribution in [0.15, 0.2) is 60.7 Å². The normalized spacial score (nSPS) is 17.5. The van der Waals surface area contributed by atoms with Gasteiger partial charge in [-0.25, -0.2) is 4.98 Å². The lowest BCUT2D eigenvalue weighted by atomic mass is 9.84. The number of rotatable bonds is 5. The first kappa shape index (κ1) is 19.7. The smallest absolute Gasteiger partial charge is 0.255 e. The van der Waals surface area contributed by atoms with Crippen molar-refractivity contribution in [2.75, 3.05) is 5.32 Å². The van der Waals surface area contributed by atoms with Gasteiger partial charge in [-0.15, -0.1) is 0 Å². The molecule has 2 heterocycles. The molecular weight excluding hydrogens is 386 g/mol. The molecule has 5 heteroatoms. The van der Waals surface area contributed by atoms with Gasteiger partial charge in [-0.3, -0.25) is 9.59 Å². The molecule has 0 bridgehead atoms. The summed E-state index contributed by atoms with van der Waals surface area (Å²) in [5.74, 6) is 0.819. The Hall–Kier alpha value is -3.21. The molecule has 1 saturated carbocycles. The number of aromatic nitrogens is 1. The average Bonchev–Trinajstić information content (AvgIpc) is 3.14. The lowest BCUT2D eigenvalue weighted by Gasteiger charge is -2.31. The van der Waals surface area contributed by atoms with Crippen LogP contribution in [0.1, 0.15) is 54.4 Å². The molecule has 0 spiro atoms. The molecule has 158 valence electrons. The molecule has 1 aliphatic heterocycles. The largest absolute Gasteiger partial charge is 0.322 e. The van der Waals surface area contributed by atoms with Crippen molar-refractivity contribution in [1.82, 2.24) is 9.88 Å². The molecule has 3 aromatic rings. The molecule has 1 fully saturated rings. The monoisotopic (exact) mass is 413 g/mol. The summed E-state index contributed by atoms with van der Waals surface area (Å²) in [5.41, 5.74) is 2.55. The van der Waals surface area contributed by atoms with E-state index in [1.165, 1.54) is 19.3 Å². The Morgan fingerprint density at radius 3 is 2.61 bits per heavy atom. The van der Waals surface area contributed by atoms with Crippen LogP contribution >= 0.6 is 0 Å². The summed E-state index contributed by atoms with van der Waals surface area (Å²) in [6, 6.07) is 18.8. The van der Waals surface area contributed by atoms with Crippen molar-refractivity contribution in [3.8, 4) is 0 Å². The molecule has 0 radical (unpaired) electrons. The van der Waals surface area contributed by atoms with Crippen LogP contribution in [-0.2, 0) is 11.3 Å². The molecular formula is C26H27N3O2. The second kappa shape index (κ2) is 8.50. The maximum absolute atomic E-state index is 13.5. The minimum atomic E-state index is -0.490. The Morgan fingerprint density at radius 2 is 1.77 bits per heavy atom. The number of fused-ring (bicyclic) bond motifs is 2. The van der Waals surface area contributed by atoms with Crippen LogP contribution in [0.3, 0.4) is 0 Å². The fourth-order valence-electron chi connectivity index (χ4n) is 4.99. The van der Waals surface area contributed by atoms with E-state index in [-0.39, 0.29) is 11.8 Å². The molecule has 2 aromatic carbocycles. The van der Waals surface area contributed by atoms with Crippen LogP contribution in [0, 0.1) is 5.92 Å². The van der Waals surface area contributed by atoms with E-state index in [0.29, 0.717) is 30.3 Å². The predicted molar refractivity (Wildman–Crippen MR) is 122 cm³/mol. The summed E-state index contributed by atoms with van der Waals surface area (Å²) in [4.78, 5) is 33.0. The van der Waals surface area contributed by atoms with Gasteiger partial charge in [0.2, 0.25) is 5.91 Å². The minimum Gasteiger partial charge on any atom is -0.322 e. The number of nitrogens with zero attached hydrogens (tertiary/aromatic N) is 2. The summed E-state index contributed by atoms with van der Waals surface area (Å²) >= 11 is 0. The van der Waals surface area contributed by atoms with E-state index in [1.54, 1.807) is 4.90 Å². The molecule has 1 unspecified atom stereocenters. The number of hydrogen-bond acceptors (Lipinski definition) is 3. The van der Waals surface area contributed by atoms with Crippen LogP contribution in [-0.4, -0.2) is 27.7 Å². The molecule has 1 atom stereocenters. The number of carbonyl (C=O) groups excluding carboxylic acids is 2. The molecule has 1 N–H and O–H groups in total. The molecule has 1 aliphatic carbocycles. The van der Waals surface area contributed by atoms with E-state index in [4.69, 9.17) is 0 Å². The first-order valence-corrected chi connectivity index (χ1v) is 11.2. The van der Waals surface area contributed by atoms with Gasteiger partial charge < -0.3 is 10.2 Å². The number of hydrogen-bond donors (Lipinski definition) is 1. The minimum absolute atomic E-state index is 0.0435. The van der Waals surface area contributed by atoms with Gasteiger partial charge in [-0.05, 0) is 42.2 Å². The third-order valence-electron chi connectivity index (χ3n) is 6.66. The van der Waals surface area contributed by atoms with Gasteiger partial charge in [0.05, 0.1) is 5.52 Å². The Morgan fingerprint density at radius 1 is 1.00 bits per heavy atom. The Labute approximate surface area is 182 Å². The number of nitrogens with one attached hydrogen (secondary N) is 1. The van der Waals surface area contributed by atoms with Gasteiger partial charge in [-0.2, -0.15) is 0 Å². The molecule has 2 amide bonds. The third-order valence-corrected chi connectivity index (χ3v) is 6.66. The van der Waals surface area contributed by atoms with Crippen LogP contribution in [0.25, 0.3) is 10.9 Å². The van der Waals surface area contributed by atoms with Crippen molar-refractivity contribution in [2.24, 2.45) is 5.92 Å². The molecule has 31 heavy (non-hydrogen) atoms. The van der Waals surface area contributed by atoms with Gasteiger partial charge in [0.15, 0.2) is 0 Å². The van der Waals surface area contributed by atoms with Crippen molar-refractivity contribution < 1.29 is 9.59 Å². The van der Waals surface area contributed by atoms with Crippen LogP contribution in [0.4, 0.5) is 5.82 Å². The molecule has 2 aliphatic rings. The second-order valence-electron chi connectivity index (χ2n) is 8.72. The highest BCUT2D eigenvalue weighted by Gasteiger charge is 2.37. The summed E-state index contributed by atoms with van der Waals surface area (Å²) in [6.45, 7) is 0.491. The van der Waals surface area contributed by atoms with Gasteiger partial charge >= 0.3 is 0 Å². The maximum atomic E-state index is 13.5. The molecule has 5 nitrogen and oxygen atoms in total. The number of benzene rings is 2. The van der Waals surface area contributed by atoms with Crippen molar-refractivity contribution in [2.45, 2.75) is 51.1 Å². The lowest BCUT2D eigenvalue weighted by molar-refractivity contribution is -0.121. The zero-order valence-corrected chi connectivity index (χ0v) is 17.6. The fourth-order valence-corrected chi connectivity index (χ4v) is 4.99. The second-order valence-corrected chi connectivity index (χ2v) is 8.72. The van der Waals surface area contributed by atoms with Crippen molar-refractivity contribution in [3.05, 3.63) is 71.8 Å². The number of carbonyl (C=O) groups is 2. The first-order chi connectivity index (χ1) is 15.2. The van der Waals surface area contributed by atoms with E-state index < -0.39 is 6.04 Å². The standard InChI is InChI=1S/C26H27N3O2/c30-25(28-24-15-14-19-10-5-7-13-22(19)27-24)23(16-18-8-2-1-3-9-18)29-17-20-11-4-6-12-21(20)26(29)31/h4-7,10-15,18,23H,1-3,8-9,16-17H2,(H,27,28,30). The summed E-state index contributed by atoms with van der Waals surface area (Å²) < 4.78 is 0. The summed E-state index contributed by atoms with van der Waals surface area (Å²) in [6.07, 6.45) is 6.65. The zero-order valence-electron chi connectivity index (χ0n) is 17.6. The zero-order chi connectivity index (χ0) is 21.2. The highest BCUT2D eigenvalue weighted by Crippen LogP contribution is 2.32. The van der Waals surface area contributed by atoms with Gasteiger partial charge in [0.25, 0.3) is 5.91 Å². The quantitative estimate of drug-likeness (QED) is 0.628. The number of anilines is 1. The van der Waals surface area contributed by atoms with Crippen LogP contribution in [0.5, 0.6) is 0 Å². The van der Waals surface area contributed by atoms with Gasteiger partial charge in [-0.1, -0.05) is 68.5 Å². The maximum Gasteiger partial charge on any atom is 0.255 e. The van der Waals surface area contributed by atoms with Crippen molar-refractivity contribution in [1.29, 1.82) is 0 Å². The molecule has 5 rings (SSSR count). The fraction of sp³-hybridized carbons (Fsp3) is 0.346. The summed E-state index contributed by atoms with van der Waals surface area (Å²) in [7, 11) is 0. The highest BCUT2D eigenvalue weighted by molar-refractivity contribution is 6.03. The van der Waals surface area contributed by atoms with E-state index in [2.05, 4.69) is 10.3 Å². The van der Waals surface area contributed by atoms with Gasteiger partial charge in [0.1, 0.15) is 11.9 Å². The number of amides is 2. The summed E-state index contributed by atoms with van der Waals surface area (Å²) in [5, 5.41) is 4.04. The Balaban J connectivity index is 1.40. The Bertz CT molecular complexity index is 1120. The lowest BCUT2D eigenvalue weighted by Crippen LogP contribution is -2.45. The average molecular weight is 414 g/mol. The SMILES string of the molecule is O=C(Nc1ccc2ccccc2n1)C(CC1CCCCC1)N1Cc2ccccc2C1=O. The van der Waals surface area contributed by atoms with E-state index >= 15 is 0 Å². The van der Waals surface area contributed by atoms with E-state index in [0.717, 1.165) is 29.3 Å². The number of para-hydroxylation sites is 1. The predicted octanol–water partition coefficient (Wildman–Crippen LogP) is 5.17. The van der Waals surface area contributed by atoms with Gasteiger partial charge in [0, 0.05) is 17.5 Å². The van der Waals surface area contributed by atoms with Crippen molar-refractivity contribution >= 4 is 28.5 Å². The highest BCUT2D eigenvalue weighted by atomic mass is 16.2. The third kappa shape index (κ3) is 4.05. The Kier molecular flexibility index (Phi) is 5.41. The van der Waals surface area contributed by atoms with Crippen LogP contribution < -0.4 is 5.32 Å². The van der Waals surface area contributed by atoms with Crippen LogP contribution in [0.2, 0.25) is 0 Å². The van der Waals surface area contributed by atoms with Crippen molar-refractivity contribution in [3.63, 3.8) is 0 Å². The number of pyridine rings is 1. The van der Waals surface area contributed by atoms with E-state index in [1.807, 2.05) is 60.7 Å². The van der Waals surface area contributed by atoms with E-state index in [9.17, 15) is 9.59 Å². The first-order valence-electron chi connectivity index (χ1n) is 11.2. The molecule has 0 saturated heterocycles.